The lowest BCUT2D eigenvalue weighted by atomic mass is 10.2. The number of benzene rings is 2. The van der Waals surface area contributed by atoms with Crippen LogP contribution in [0.2, 0.25) is 10.0 Å². The van der Waals surface area contributed by atoms with E-state index in [-0.39, 0.29) is 0 Å². The number of aryl methyl sites for hydroxylation is 1. The highest BCUT2D eigenvalue weighted by atomic mass is 35.5. The number of hydrogen-bond donors (Lipinski definition) is 1. The second-order valence-corrected chi connectivity index (χ2v) is 5.34. The third-order valence-electron chi connectivity index (χ3n) is 3.04. The first-order chi connectivity index (χ1) is 9.63. The van der Waals surface area contributed by atoms with Crippen molar-refractivity contribution in [3.8, 4) is 0 Å². The Morgan fingerprint density at radius 1 is 0.950 bits per heavy atom. The minimum Gasteiger partial charge on any atom is -0.339 e. The first-order valence-electron chi connectivity index (χ1n) is 6.07. The lowest BCUT2D eigenvalue weighted by molar-refractivity contribution is 1.21. The standard InChI is InChI=1S/C15H11Cl2N3/c1-9-6-10(16)3-5-13(9)20-15-12-4-2-11(17)7-14(12)18-8-19-15/h2-8H,1H3,(H,18,19,20). The molecule has 0 unspecified atom stereocenters. The van der Waals surface area contributed by atoms with Gasteiger partial charge in [0.05, 0.1) is 5.52 Å². The predicted octanol–water partition coefficient (Wildman–Crippen LogP) is 4.99. The minimum absolute atomic E-state index is 0.657. The number of nitrogens with zero attached hydrogens (tertiary/aromatic N) is 2. The average molecular weight is 304 g/mol. The number of fused-ring (bicyclic) bond motifs is 1. The van der Waals surface area contributed by atoms with Gasteiger partial charge >= 0.3 is 0 Å². The summed E-state index contributed by atoms with van der Waals surface area (Å²) >= 11 is 11.9. The second kappa shape index (κ2) is 5.27. The van der Waals surface area contributed by atoms with Gasteiger partial charge in [0.25, 0.3) is 0 Å². The van der Waals surface area contributed by atoms with E-state index in [4.69, 9.17) is 23.2 Å². The highest BCUT2D eigenvalue weighted by Crippen LogP contribution is 2.27. The monoisotopic (exact) mass is 303 g/mol. The van der Waals surface area contributed by atoms with E-state index in [9.17, 15) is 0 Å². The summed E-state index contributed by atoms with van der Waals surface area (Å²) < 4.78 is 0. The third kappa shape index (κ3) is 2.55. The zero-order chi connectivity index (χ0) is 14.1. The van der Waals surface area contributed by atoms with E-state index >= 15 is 0 Å². The minimum atomic E-state index is 0.657. The fraction of sp³-hybridized carbons (Fsp3) is 0.0667. The summed E-state index contributed by atoms with van der Waals surface area (Å²) in [5.41, 5.74) is 2.82. The molecule has 0 amide bonds. The van der Waals surface area contributed by atoms with Gasteiger partial charge in [-0.05, 0) is 48.9 Å². The van der Waals surface area contributed by atoms with Crippen LogP contribution in [0.25, 0.3) is 10.9 Å². The maximum atomic E-state index is 5.98. The molecule has 0 atom stereocenters. The van der Waals surface area contributed by atoms with Gasteiger partial charge in [0, 0.05) is 21.1 Å². The van der Waals surface area contributed by atoms with E-state index in [2.05, 4.69) is 15.3 Å². The Morgan fingerprint density at radius 3 is 2.50 bits per heavy atom. The van der Waals surface area contributed by atoms with Gasteiger partial charge in [0.15, 0.2) is 0 Å². The molecular weight excluding hydrogens is 293 g/mol. The van der Waals surface area contributed by atoms with Crippen molar-refractivity contribution in [2.45, 2.75) is 6.92 Å². The van der Waals surface area contributed by atoms with Crippen molar-refractivity contribution in [3.05, 3.63) is 58.3 Å². The van der Waals surface area contributed by atoms with Crippen LogP contribution in [0.3, 0.4) is 0 Å². The zero-order valence-electron chi connectivity index (χ0n) is 10.7. The molecule has 1 aromatic heterocycles. The van der Waals surface area contributed by atoms with Crippen LogP contribution in [0.5, 0.6) is 0 Å². The summed E-state index contributed by atoms with van der Waals surface area (Å²) in [6.45, 7) is 1.99. The molecule has 0 saturated carbocycles. The number of halogens is 2. The summed E-state index contributed by atoms with van der Waals surface area (Å²) in [5.74, 6) is 0.747. The number of aromatic nitrogens is 2. The summed E-state index contributed by atoms with van der Waals surface area (Å²) in [6, 6.07) is 11.2. The van der Waals surface area contributed by atoms with E-state index in [0.29, 0.717) is 10.0 Å². The lowest BCUT2D eigenvalue weighted by Crippen LogP contribution is -1.97. The molecule has 0 aliphatic carbocycles. The van der Waals surface area contributed by atoms with Gasteiger partial charge in [-0.15, -0.1) is 0 Å². The molecule has 100 valence electrons. The predicted molar refractivity (Wildman–Crippen MR) is 84.0 cm³/mol. The summed E-state index contributed by atoms with van der Waals surface area (Å²) in [5, 5.41) is 5.60. The Hall–Kier alpha value is -1.84. The van der Waals surface area contributed by atoms with E-state index < -0.39 is 0 Å². The van der Waals surface area contributed by atoms with Crippen molar-refractivity contribution in [2.24, 2.45) is 0 Å². The smallest absolute Gasteiger partial charge is 0.141 e. The molecule has 0 saturated heterocycles. The quantitative estimate of drug-likeness (QED) is 0.725. The molecule has 5 heteroatoms. The number of hydrogen-bond acceptors (Lipinski definition) is 3. The first kappa shape index (κ1) is 13.2. The molecule has 0 spiro atoms. The van der Waals surface area contributed by atoms with Crippen molar-refractivity contribution < 1.29 is 0 Å². The van der Waals surface area contributed by atoms with E-state index in [0.717, 1.165) is 28.0 Å². The van der Waals surface area contributed by atoms with Crippen LogP contribution in [-0.2, 0) is 0 Å². The molecule has 0 fully saturated rings. The Kier molecular flexibility index (Phi) is 3.47. The Balaban J connectivity index is 2.06. The molecule has 0 aliphatic rings. The van der Waals surface area contributed by atoms with Crippen molar-refractivity contribution in [1.82, 2.24) is 9.97 Å². The molecule has 1 N–H and O–H groups in total. The maximum absolute atomic E-state index is 5.98. The second-order valence-electron chi connectivity index (χ2n) is 4.47. The highest BCUT2D eigenvalue weighted by Gasteiger charge is 2.06. The summed E-state index contributed by atoms with van der Waals surface area (Å²) in [7, 11) is 0. The van der Waals surface area contributed by atoms with Crippen molar-refractivity contribution >= 4 is 45.6 Å². The largest absolute Gasteiger partial charge is 0.339 e. The first-order valence-corrected chi connectivity index (χ1v) is 6.82. The van der Waals surface area contributed by atoms with Gasteiger partial charge in [-0.2, -0.15) is 0 Å². The lowest BCUT2D eigenvalue weighted by Gasteiger charge is -2.11. The molecule has 3 aromatic rings. The summed E-state index contributed by atoms with van der Waals surface area (Å²) in [6.07, 6.45) is 1.52. The fourth-order valence-electron chi connectivity index (χ4n) is 2.02. The van der Waals surface area contributed by atoms with Crippen LogP contribution >= 0.6 is 23.2 Å². The van der Waals surface area contributed by atoms with Crippen LogP contribution in [0.15, 0.2) is 42.7 Å². The molecular formula is C15H11Cl2N3. The summed E-state index contributed by atoms with van der Waals surface area (Å²) in [4.78, 5) is 8.52. The van der Waals surface area contributed by atoms with Gasteiger partial charge in [-0.25, -0.2) is 9.97 Å². The fourth-order valence-corrected chi connectivity index (χ4v) is 2.42. The van der Waals surface area contributed by atoms with E-state index in [1.807, 2.05) is 43.3 Å². The van der Waals surface area contributed by atoms with Crippen LogP contribution in [0.1, 0.15) is 5.56 Å². The number of rotatable bonds is 2. The van der Waals surface area contributed by atoms with Gasteiger partial charge in [-0.1, -0.05) is 23.2 Å². The zero-order valence-corrected chi connectivity index (χ0v) is 12.2. The van der Waals surface area contributed by atoms with Crippen molar-refractivity contribution in [1.29, 1.82) is 0 Å². The SMILES string of the molecule is Cc1cc(Cl)ccc1Nc1ncnc2cc(Cl)ccc12. The molecule has 0 bridgehead atoms. The number of anilines is 2. The van der Waals surface area contributed by atoms with Crippen LogP contribution < -0.4 is 5.32 Å². The third-order valence-corrected chi connectivity index (χ3v) is 3.51. The number of nitrogens with one attached hydrogen (secondary N) is 1. The van der Waals surface area contributed by atoms with Gasteiger partial charge < -0.3 is 5.32 Å². The van der Waals surface area contributed by atoms with Crippen LogP contribution in [0.4, 0.5) is 11.5 Å². The molecule has 1 heterocycles. The van der Waals surface area contributed by atoms with Crippen LogP contribution in [0, 0.1) is 6.92 Å². The Morgan fingerprint density at radius 2 is 1.70 bits per heavy atom. The van der Waals surface area contributed by atoms with Gasteiger partial charge in [0.1, 0.15) is 12.1 Å². The topological polar surface area (TPSA) is 37.8 Å². The molecule has 3 nitrogen and oxygen atoms in total. The molecule has 20 heavy (non-hydrogen) atoms. The van der Waals surface area contributed by atoms with Gasteiger partial charge in [-0.3, -0.25) is 0 Å². The van der Waals surface area contributed by atoms with Crippen molar-refractivity contribution in [3.63, 3.8) is 0 Å². The molecule has 0 aliphatic heterocycles. The molecule has 0 radical (unpaired) electrons. The Labute approximate surface area is 126 Å². The van der Waals surface area contributed by atoms with E-state index in [1.165, 1.54) is 6.33 Å². The highest BCUT2D eigenvalue weighted by molar-refractivity contribution is 6.31. The van der Waals surface area contributed by atoms with Gasteiger partial charge in [0.2, 0.25) is 0 Å². The molecule has 3 rings (SSSR count). The van der Waals surface area contributed by atoms with Crippen LogP contribution in [-0.4, -0.2) is 9.97 Å². The van der Waals surface area contributed by atoms with Crippen molar-refractivity contribution in [2.75, 3.05) is 5.32 Å². The van der Waals surface area contributed by atoms with E-state index in [1.54, 1.807) is 0 Å². The average Bonchev–Trinajstić information content (AvgIpc) is 2.41. The normalized spacial score (nSPS) is 10.8. The molecule has 2 aromatic carbocycles. The maximum Gasteiger partial charge on any atom is 0.141 e. The Bertz CT molecular complexity index is 787.